The van der Waals surface area contributed by atoms with Gasteiger partial charge in [-0.15, -0.1) is 0 Å². The number of fused-ring (bicyclic) bond motifs is 1. The van der Waals surface area contributed by atoms with Crippen LogP contribution in [-0.2, 0) is 9.53 Å². The predicted molar refractivity (Wildman–Crippen MR) is 149 cm³/mol. The molecule has 1 N–H and O–H groups in total. The van der Waals surface area contributed by atoms with Crippen LogP contribution >= 0.6 is 24.0 Å². The quantitative estimate of drug-likeness (QED) is 0.205. The molecule has 0 atom stereocenters. The lowest BCUT2D eigenvalue weighted by Gasteiger charge is -2.14. The predicted octanol–water partition coefficient (Wildman–Crippen LogP) is 5.40. The van der Waals surface area contributed by atoms with Gasteiger partial charge in [-0.2, -0.15) is 0 Å². The average Bonchev–Trinajstić information content (AvgIpc) is 3.11. The molecule has 3 heterocycles. The number of ether oxygens (including phenoxy) is 1. The smallest absolute Gasteiger partial charge is 0.267 e. The van der Waals surface area contributed by atoms with Gasteiger partial charge in [0.1, 0.15) is 15.8 Å². The minimum absolute atomic E-state index is 0.135. The van der Waals surface area contributed by atoms with Crippen molar-refractivity contribution in [2.24, 2.45) is 0 Å². The fraction of sp³-hybridized carbons (Fsp3) is 0.538. The molecule has 1 amide bonds. The molecule has 35 heavy (non-hydrogen) atoms. The molecule has 190 valence electrons. The lowest BCUT2D eigenvalue weighted by molar-refractivity contribution is -0.122. The second-order valence-corrected chi connectivity index (χ2v) is 10.4. The molecule has 0 radical (unpaired) electrons. The summed E-state index contributed by atoms with van der Waals surface area (Å²) in [5.74, 6) is 0.334. The van der Waals surface area contributed by atoms with Crippen LogP contribution < -0.4 is 10.9 Å². The van der Waals surface area contributed by atoms with Gasteiger partial charge in [0.05, 0.1) is 10.5 Å². The second-order valence-electron chi connectivity index (χ2n) is 8.69. The van der Waals surface area contributed by atoms with Gasteiger partial charge in [0.15, 0.2) is 0 Å². The van der Waals surface area contributed by atoms with E-state index in [-0.39, 0.29) is 11.5 Å². The third kappa shape index (κ3) is 7.38. The molecule has 0 spiro atoms. The minimum atomic E-state index is -0.216. The summed E-state index contributed by atoms with van der Waals surface area (Å²) in [6.45, 7) is 8.61. The first-order valence-electron chi connectivity index (χ1n) is 12.6. The van der Waals surface area contributed by atoms with Crippen molar-refractivity contribution in [3.05, 3.63) is 44.7 Å². The topological polar surface area (TPSA) is 75.9 Å². The standard InChI is InChI=1S/C26H36N4O3S2/c1-4-6-7-8-9-10-15-29-25(32)21(35-26(29)34)17-20-23(27-14-11-16-33-5-2)28-22-13-12-19(3)18-30(22)24(20)31/h12-13,17-18,27H,4-11,14-16H2,1-3H3. The third-order valence-corrected chi connectivity index (χ3v) is 7.23. The average molecular weight is 517 g/mol. The Balaban J connectivity index is 1.82. The molecule has 1 fully saturated rings. The number of nitrogens with zero attached hydrogens (tertiary/aromatic N) is 3. The summed E-state index contributed by atoms with van der Waals surface area (Å²) in [5, 5.41) is 3.27. The van der Waals surface area contributed by atoms with Crippen molar-refractivity contribution in [3.63, 3.8) is 0 Å². The molecule has 1 saturated heterocycles. The number of thiocarbonyl (C=S) groups is 1. The van der Waals surface area contributed by atoms with E-state index in [2.05, 4.69) is 17.2 Å². The summed E-state index contributed by atoms with van der Waals surface area (Å²) in [4.78, 5) is 33.4. The normalized spacial score (nSPS) is 15.1. The molecule has 7 nitrogen and oxygen atoms in total. The Bertz CT molecular complexity index is 1130. The molecule has 2 aromatic heterocycles. The summed E-state index contributed by atoms with van der Waals surface area (Å²) in [6.07, 6.45) is 11.1. The molecule has 1 aliphatic heterocycles. The van der Waals surface area contributed by atoms with E-state index in [0.29, 0.717) is 52.6 Å². The minimum Gasteiger partial charge on any atom is -0.382 e. The monoisotopic (exact) mass is 516 g/mol. The zero-order valence-corrected chi connectivity index (χ0v) is 22.6. The van der Waals surface area contributed by atoms with Crippen LogP contribution in [-0.4, -0.2) is 50.8 Å². The van der Waals surface area contributed by atoms with E-state index in [0.717, 1.165) is 24.8 Å². The number of nitrogens with one attached hydrogen (secondary N) is 1. The Morgan fingerprint density at radius 2 is 1.89 bits per heavy atom. The van der Waals surface area contributed by atoms with E-state index in [1.807, 2.05) is 26.0 Å². The van der Waals surface area contributed by atoms with E-state index >= 15 is 0 Å². The number of hydrogen-bond donors (Lipinski definition) is 1. The van der Waals surface area contributed by atoms with Crippen LogP contribution in [0.1, 0.15) is 69.9 Å². The number of pyridine rings is 1. The maximum Gasteiger partial charge on any atom is 0.267 e. The van der Waals surface area contributed by atoms with Crippen LogP contribution in [0.2, 0.25) is 0 Å². The molecule has 2 aromatic rings. The molecule has 3 rings (SSSR count). The van der Waals surface area contributed by atoms with Crippen molar-refractivity contribution in [2.45, 2.75) is 65.7 Å². The second kappa shape index (κ2) is 13.8. The highest BCUT2D eigenvalue weighted by Crippen LogP contribution is 2.33. The first kappa shape index (κ1) is 27.4. The SMILES string of the molecule is CCCCCCCCN1C(=O)C(=Cc2c(NCCCOCC)nc3ccc(C)cn3c2=O)SC1=S. The fourth-order valence-electron chi connectivity index (χ4n) is 3.92. The first-order valence-corrected chi connectivity index (χ1v) is 13.8. The van der Waals surface area contributed by atoms with Crippen molar-refractivity contribution >= 4 is 51.7 Å². The first-order chi connectivity index (χ1) is 17.0. The maximum absolute atomic E-state index is 13.4. The van der Waals surface area contributed by atoms with Gasteiger partial charge >= 0.3 is 0 Å². The highest BCUT2D eigenvalue weighted by Gasteiger charge is 2.32. The van der Waals surface area contributed by atoms with Crippen LogP contribution in [0.3, 0.4) is 0 Å². The number of aromatic nitrogens is 2. The number of unbranched alkanes of at least 4 members (excludes halogenated alkanes) is 5. The Morgan fingerprint density at radius 1 is 1.11 bits per heavy atom. The van der Waals surface area contributed by atoms with E-state index in [1.54, 1.807) is 17.2 Å². The van der Waals surface area contributed by atoms with Crippen LogP contribution in [0, 0.1) is 6.92 Å². The maximum atomic E-state index is 13.4. The van der Waals surface area contributed by atoms with Gasteiger partial charge in [-0.1, -0.05) is 69.1 Å². The number of carbonyl (C=O) groups is 1. The van der Waals surface area contributed by atoms with Gasteiger partial charge in [0, 0.05) is 32.5 Å². The van der Waals surface area contributed by atoms with Crippen molar-refractivity contribution in [1.82, 2.24) is 14.3 Å². The molecule has 0 aromatic carbocycles. The third-order valence-electron chi connectivity index (χ3n) is 5.85. The molecule has 1 aliphatic rings. The van der Waals surface area contributed by atoms with E-state index < -0.39 is 0 Å². The van der Waals surface area contributed by atoms with Gasteiger partial charge in [0.2, 0.25) is 0 Å². The van der Waals surface area contributed by atoms with E-state index in [1.165, 1.54) is 41.8 Å². The number of amides is 1. The number of aryl methyl sites for hydroxylation is 1. The van der Waals surface area contributed by atoms with Crippen molar-refractivity contribution in [3.8, 4) is 0 Å². The van der Waals surface area contributed by atoms with Gasteiger partial charge in [-0.25, -0.2) is 4.98 Å². The molecule has 9 heteroatoms. The molecule has 0 unspecified atom stereocenters. The fourth-order valence-corrected chi connectivity index (χ4v) is 5.21. The van der Waals surface area contributed by atoms with Crippen LogP contribution in [0.4, 0.5) is 5.82 Å². The van der Waals surface area contributed by atoms with Crippen LogP contribution in [0.15, 0.2) is 28.0 Å². The Kier molecular flexibility index (Phi) is 10.7. The Labute approximate surface area is 217 Å². The lowest BCUT2D eigenvalue weighted by atomic mass is 10.1. The number of rotatable bonds is 14. The molecule has 0 aliphatic carbocycles. The van der Waals surface area contributed by atoms with Crippen molar-refractivity contribution in [1.29, 1.82) is 0 Å². The van der Waals surface area contributed by atoms with Crippen molar-refractivity contribution in [2.75, 3.05) is 31.6 Å². The number of carbonyl (C=O) groups excluding carboxylic acids is 1. The largest absolute Gasteiger partial charge is 0.382 e. The summed E-state index contributed by atoms with van der Waals surface area (Å²) < 4.78 is 7.49. The summed E-state index contributed by atoms with van der Waals surface area (Å²) in [6, 6.07) is 3.75. The van der Waals surface area contributed by atoms with E-state index in [4.69, 9.17) is 17.0 Å². The number of hydrogen-bond acceptors (Lipinski definition) is 7. The van der Waals surface area contributed by atoms with Gasteiger partial charge in [0.25, 0.3) is 11.5 Å². The van der Waals surface area contributed by atoms with Crippen molar-refractivity contribution < 1.29 is 9.53 Å². The molecular formula is C26H36N4O3S2. The number of thioether (sulfide) groups is 1. The lowest BCUT2D eigenvalue weighted by Crippen LogP contribution is -2.29. The molecule has 0 saturated carbocycles. The molecule has 0 bridgehead atoms. The van der Waals surface area contributed by atoms with E-state index in [9.17, 15) is 9.59 Å². The van der Waals surface area contributed by atoms with Gasteiger partial charge < -0.3 is 10.1 Å². The zero-order chi connectivity index (χ0) is 25.2. The van der Waals surface area contributed by atoms with Gasteiger partial charge in [-0.3, -0.25) is 18.9 Å². The Hall–Kier alpha value is -2.23. The molecular weight excluding hydrogens is 480 g/mol. The Morgan fingerprint density at radius 3 is 2.66 bits per heavy atom. The summed E-state index contributed by atoms with van der Waals surface area (Å²) in [7, 11) is 0. The number of anilines is 1. The van der Waals surface area contributed by atoms with Gasteiger partial charge in [-0.05, 0) is 44.4 Å². The van der Waals surface area contributed by atoms with Crippen LogP contribution in [0.25, 0.3) is 11.7 Å². The highest BCUT2D eigenvalue weighted by molar-refractivity contribution is 8.26. The zero-order valence-electron chi connectivity index (χ0n) is 21.0. The van der Waals surface area contributed by atoms with Crippen LogP contribution in [0.5, 0.6) is 0 Å². The summed E-state index contributed by atoms with van der Waals surface area (Å²) in [5.41, 5.74) is 1.66. The summed E-state index contributed by atoms with van der Waals surface area (Å²) >= 11 is 6.75. The highest BCUT2D eigenvalue weighted by atomic mass is 32.2.